The van der Waals surface area contributed by atoms with Crippen LogP contribution in [0, 0.1) is 19.8 Å². The fourth-order valence-corrected chi connectivity index (χ4v) is 3.06. The first-order valence-electron chi connectivity index (χ1n) is 6.94. The molecule has 2 aromatic rings. The molecule has 0 aliphatic heterocycles. The third-order valence-electron chi connectivity index (χ3n) is 4.02. The zero-order valence-corrected chi connectivity index (χ0v) is 12.8. The van der Waals surface area contributed by atoms with E-state index in [1.54, 1.807) is 11.3 Å². The summed E-state index contributed by atoms with van der Waals surface area (Å²) in [5.41, 5.74) is 6.91. The molecule has 0 saturated heterocycles. The lowest BCUT2D eigenvalue weighted by Gasteiger charge is -1.96. The first-order chi connectivity index (χ1) is 9.69. The Balaban J connectivity index is 1.84. The highest BCUT2D eigenvalue weighted by molar-refractivity contribution is 7.08. The summed E-state index contributed by atoms with van der Waals surface area (Å²) < 4.78 is 0. The van der Waals surface area contributed by atoms with Crippen LogP contribution < -0.4 is 0 Å². The van der Waals surface area contributed by atoms with Crippen LogP contribution in [0.2, 0.25) is 0 Å². The Labute approximate surface area is 123 Å². The van der Waals surface area contributed by atoms with Crippen molar-refractivity contribution >= 4 is 35.6 Å². The van der Waals surface area contributed by atoms with Gasteiger partial charge in [0.1, 0.15) is 0 Å². The molecule has 1 saturated carbocycles. The van der Waals surface area contributed by atoms with Crippen LogP contribution in [0.1, 0.15) is 35.4 Å². The number of aromatic amines is 1. The molecule has 104 valence electrons. The highest BCUT2D eigenvalue weighted by atomic mass is 32.1. The second-order valence-electron chi connectivity index (χ2n) is 5.47. The molecule has 3 rings (SSSR count). The van der Waals surface area contributed by atoms with Gasteiger partial charge in [0.25, 0.3) is 0 Å². The zero-order chi connectivity index (χ0) is 14.1. The third-order valence-corrected chi connectivity index (χ3v) is 4.74. The fraction of sp³-hybridized carbons (Fsp3) is 0.375. The SMILES string of the molecule is C=Nc1cscc1N=Cc1[nH]c(CC2CC2)c(C)c1C. The van der Waals surface area contributed by atoms with Gasteiger partial charge in [0.15, 0.2) is 0 Å². The van der Waals surface area contributed by atoms with Crippen molar-refractivity contribution in [2.45, 2.75) is 33.1 Å². The summed E-state index contributed by atoms with van der Waals surface area (Å²) in [6.45, 7) is 7.92. The molecule has 0 aromatic carbocycles. The van der Waals surface area contributed by atoms with Gasteiger partial charge in [0.2, 0.25) is 0 Å². The first-order valence-corrected chi connectivity index (χ1v) is 7.88. The molecule has 3 nitrogen and oxygen atoms in total. The second kappa shape index (κ2) is 5.37. The Bertz CT molecular complexity index is 659. The largest absolute Gasteiger partial charge is 0.357 e. The van der Waals surface area contributed by atoms with Gasteiger partial charge in [0.05, 0.1) is 23.3 Å². The van der Waals surface area contributed by atoms with Crippen molar-refractivity contribution in [1.29, 1.82) is 0 Å². The lowest BCUT2D eigenvalue weighted by molar-refractivity contribution is 0.804. The molecule has 1 aliphatic rings. The van der Waals surface area contributed by atoms with Crippen molar-refractivity contribution in [3.8, 4) is 0 Å². The molecule has 0 spiro atoms. The summed E-state index contributed by atoms with van der Waals surface area (Å²) in [4.78, 5) is 12.0. The maximum absolute atomic E-state index is 4.54. The van der Waals surface area contributed by atoms with Gasteiger partial charge >= 0.3 is 0 Å². The number of nitrogens with zero attached hydrogens (tertiary/aromatic N) is 2. The van der Waals surface area contributed by atoms with E-state index in [0.717, 1.165) is 23.0 Å². The normalized spacial score (nSPS) is 15.1. The quantitative estimate of drug-likeness (QED) is 0.772. The number of thiophene rings is 1. The summed E-state index contributed by atoms with van der Waals surface area (Å²) in [7, 11) is 0. The third kappa shape index (κ3) is 2.61. The van der Waals surface area contributed by atoms with Crippen molar-refractivity contribution in [2.24, 2.45) is 15.9 Å². The van der Waals surface area contributed by atoms with E-state index in [-0.39, 0.29) is 0 Å². The average molecular weight is 285 g/mol. The predicted octanol–water partition coefficient (Wildman–Crippen LogP) is 4.73. The van der Waals surface area contributed by atoms with Crippen molar-refractivity contribution in [3.05, 3.63) is 33.3 Å². The molecule has 20 heavy (non-hydrogen) atoms. The van der Waals surface area contributed by atoms with Crippen LogP contribution in [0.15, 0.2) is 20.7 Å². The lowest BCUT2D eigenvalue weighted by Crippen LogP contribution is -1.90. The number of rotatable bonds is 5. The van der Waals surface area contributed by atoms with Crippen LogP contribution in [-0.4, -0.2) is 17.9 Å². The van der Waals surface area contributed by atoms with Crippen LogP contribution in [0.3, 0.4) is 0 Å². The summed E-state index contributed by atoms with van der Waals surface area (Å²) >= 11 is 1.60. The van der Waals surface area contributed by atoms with Gasteiger partial charge in [-0.1, -0.05) is 0 Å². The van der Waals surface area contributed by atoms with Gasteiger partial charge in [-0.2, -0.15) is 0 Å². The van der Waals surface area contributed by atoms with Gasteiger partial charge in [-0.15, -0.1) is 11.3 Å². The molecule has 2 heterocycles. The molecule has 4 heteroatoms. The zero-order valence-electron chi connectivity index (χ0n) is 11.9. The molecular weight excluding hydrogens is 266 g/mol. The molecule has 0 amide bonds. The smallest absolute Gasteiger partial charge is 0.0993 e. The van der Waals surface area contributed by atoms with Crippen LogP contribution in [-0.2, 0) is 6.42 Å². The Kier molecular flexibility index (Phi) is 3.57. The van der Waals surface area contributed by atoms with Gasteiger partial charge < -0.3 is 4.98 Å². The van der Waals surface area contributed by atoms with Crippen LogP contribution in [0.5, 0.6) is 0 Å². The standard InChI is InChI=1S/C16H19N3S/c1-10-11(2)14(19-13(10)6-12-4-5-12)7-18-16-9-20-8-15(16)17-3/h7-9,12,19H,3-6H2,1-2H3. The van der Waals surface area contributed by atoms with Crippen molar-refractivity contribution in [3.63, 3.8) is 0 Å². The van der Waals surface area contributed by atoms with Crippen molar-refractivity contribution in [2.75, 3.05) is 0 Å². The molecule has 0 unspecified atom stereocenters. The summed E-state index contributed by atoms with van der Waals surface area (Å²) in [6, 6.07) is 0. The van der Waals surface area contributed by atoms with E-state index in [0.29, 0.717) is 0 Å². The van der Waals surface area contributed by atoms with Crippen LogP contribution in [0.4, 0.5) is 11.4 Å². The summed E-state index contributed by atoms with van der Waals surface area (Å²) in [5, 5.41) is 3.96. The number of hydrogen-bond donors (Lipinski definition) is 1. The minimum Gasteiger partial charge on any atom is -0.357 e. The first kappa shape index (κ1) is 13.3. The summed E-state index contributed by atoms with van der Waals surface area (Å²) in [6.07, 6.45) is 5.85. The molecule has 0 atom stereocenters. The van der Waals surface area contributed by atoms with E-state index in [4.69, 9.17) is 0 Å². The van der Waals surface area contributed by atoms with Gasteiger partial charge in [-0.3, -0.25) is 9.98 Å². The second-order valence-corrected chi connectivity index (χ2v) is 6.22. The molecule has 1 aliphatic carbocycles. The number of nitrogens with one attached hydrogen (secondary N) is 1. The number of aliphatic imine (C=N–C) groups is 2. The lowest BCUT2D eigenvalue weighted by atomic mass is 10.1. The minimum absolute atomic E-state index is 0.852. The van der Waals surface area contributed by atoms with Crippen molar-refractivity contribution in [1.82, 2.24) is 4.98 Å². The molecule has 1 fully saturated rings. The Morgan fingerprint density at radius 1 is 1.30 bits per heavy atom. The van der Waals surface area contributed by atoms with Crippen LogP contribution >= 0.6 is 11.3 Å². The molecule has 0 radical (unpaired) electrons. The number of H-pyrrole nitrogens is 1. The topological polar surface area (TPSA) is 40.5 Å². The molecular formula is C16H19N3S. The van der Waals surface area contributed by atoms with E-state index < -0.39 is 0 Å². The van der Waals surface area contributed by atoms with Crippen molar-refractivity contribution < 1.29 is 0 Å². The van der Waals surface area contributed by atoms with E-state index in [9.17, 15) is 0 Å². The monoisotopic (exact) mass is 285 g/mol. The van der Waals surface area contributed by atoms with E-state index >= 15 is 0 Å². The number of aromatic nitrogens is 1. The maximum atomic E-state index is 4.54. The Morgan fingerprint density at radius 3 is 2.75 bits per heavy atom. The van der Waals surface area contributed by atoms with Gasteiger partial charge in [-0.25, -0.2) is 0 Å². The summed E-state index contributed by atoms with van der Waals surface area (Å²) in [5.74, 6) is 0.894. The van der Waals surface area contributed by atoms with Gasteiger partial charge in [0, 0.05) is 16.5 Å². The highest BCUT2D eigenvalue weighted by Crippen LogP contribution is 2.34. The van der Waals surface area contributed by atoms with Gasteiger partial charge in [-0.05, 0) is 56.9 Å². The number of hydrogen-bond acceptors (Lipinski definition) is 3. The maximum Gasteiger partial charge on any atom is 0.0993 e. The van der Waals surface area contributed by atoms with E-state index in [1.807, 2.05) is 17.0 Å². The molecule has 2 aromatic heterocycles. The Morgan fingerprint density at radius 2 is 2.05 bits per heavy atom. The average Bonchev–Trinajstić information content (AvgIpc) is 3.08. The highest BCUT2D eigenvalue weighted by Gasteiger charge is 2.23. The van der Waals surface area contributed by atoms with Crippen LogP contribution in [0.25, 0.3) is 0 Å². The van der Waals surface area contributed by atoms with E-state index in [1.165, 1.54) is 36.1 Å². The predicted molar refractivity (Wildman–Crippen MR) is 87.5 cm³/mol. The van der Waals surface area contributed by atoms with E-state index in [2.05, 4.69) is 35.5 Å². The Hall–Kier alpha value is -1.68. The molecule has 1 N–H and O–H groups in total. The minimum atomic E-state index is 0.852. The molecule has 0 bridgehead atoms. The fourth-order valence-electron chi connectivity index (χ4n) is 2.35.